The molecule has 0 atom stereocenters. The molecular weight excluding hydrogens is 258 g/mol. The van der Waals surface area contributed by atoms with Gasteiger partial charge in [-0.3, -0.25) is 0 Å². The first-order valence-corrected chi connectivity index (χ1v) is 8.38. The Bertz CT molecular complexity index is 384. The van der Waals surface area contributed by atoms with Crippen LogP contribution in [0.25, 0.3) is 0 Å². The van der Waals surface area contributed by atoms with Crippen LogP contribution in [-0.2, 0) is 6.54 Å². The van der Waals surface area contributed by atoms with Crippen molar-refractivity contribution < 1.29 is 9.47 Å². The summed E-state index contributed by atoms with van der Waals surface area (Å²) in [6.07, 6.45) is 5.62. The van der Waals surface area contributed by atoms with E-state index in [4.69, 9.17) is 9.47 Å². The molecule has 0 unspecified atom stereocenters. The van der Waals surface area contributed by atoms with Crippen molar-refractivity contribution in [3.63, 3.8) is 0 Å². The second kappa shape index (κ2) is 8.33. The molecule has 0 spiro atoms. The molecule has 0 bridgehead atoms. The maximum atomic E-state index is 5.81. The van der Waals surface area contributed by atoms with Crippen LogP contribution in [0.5, 0.6) is 11.5 Å². The maximum absolute atomic E-state index is 5.81. The van der Waals surface area contributed by atoms with Gasteiger partial charge in [0, 0.05) is 18.5 Å². The van der Waals surface area contributed by atoms with Gasteiger partial charge in [-0.15, -0.1) is 0 Å². The van der Waals surface area contributed by atoms with Gasteiger partial charge in [0.2, 0.25) is 0 Å². The Balaban J connectivity index is 1.83. The van der Waals surface area contributed by atoms with E-state index in [0.29, 0.717) is 0 Å². The summed E-state index contributed by atoms with van der Waals surface area (Å²) in [6, 6.07) is 6.14. The number of ether oxygens (including phenoxy) is 2. The van der Waals surface area contributed by atoms with Crippen LogP contribution in [0.4, 0.5) is 0 Å². The Morgan fingerprint density at radius 2 is 2.11 bits per heavy atom. The topological polar surface area (TPSA) is 30.5 Å². The van der Waals surface area contributed by atoms with Crippen LogP contribution in [0.2, 0.25) is 0 Å². The molecule has 0 amide bonds. The van der Waals surface area contributed by atoms with Crippen LogP contribution in [0.15, 0.2) is 18.2 Å². The van der Waals surface area contributed by atoms with Crippen molar-refractivity contribution in [1.82, 2.24) is 5.32 Å². The Hall–Kier alpha value is -0.870. The summed E-state index contributed by atoms with van der Waals surface area (Å²) in [5, 5.41) is 3.49. The van der Waals surface area contributed by atoms with Gasteiger partial charge >= 0.3 is 0 Å². The van der Waals surface area contributed by atoms with Crippen molar-refractivity contribution >= 4 is 11.8 Å². The van der Waals surface area contributed by atoms with Gasteiger partial charge in [-0.25, -0.2) is 0 Å². The van der Waals surface area contributed by atoms with Gasteiger partial charge in [-0.1, -0.05) is 12.1 Å². The predicted molar refractivity (Wildman–Crippen MR) is 81.4 cm³/mol. The van der Waals surface area contributed by atoms with Crippen LogP contribution in [0.1, 0.15) is 24.8 Å². The summed E-state index contributed by atoms with van der Waals surface area (Å²) in [5.41, 5.74) is 1.20. The molecule has 19 heavy (non-hydrogen) atoms. The largest absolute Gasteiger partial charge is 0.490 e. The number of para-hydroxylation sites is 1. The van der Waals surface area contributed by atoms with Crippen LogP contribution >= 0.6 is 11.8 Å². The third kappa shape index (κ3) is 4.62. The molecule has 1 aliphatic rings. The number of benzene rings is 1. The molecule has 1 heterocycles. The highest BCUT2D eigenvalue weighted by Gasteiger charge is 2.13. The van der Waals surface area contributed by atoms with Gasteiger partial charge in [-0.05, 0) is 37.5 Å². The number of unbranched alkanes of at least 4 members (excludes halogenated alkanes) is 1. The first kappa shape index (κ1) is 14.5. The fourth-order valence-electron chi connectivity index (χ4n) is 2.11. The van der Waals surface area contributed by atoms with E-state index in [9.17, 15) is 0 Å². The molecule has 1 aromatic carbocycles. The highest BCUT2D eigenvalue weighted by atomic mass is 32.2. The van der Waals surface area contributed by atoms with Crippen LogP contribution in [0, 0.1) is 0 Å². The lowest BCUT2D eigenvalue weighted by Gasteiger charge is -2.13. The quantitative estimate of drug-likeness (QED) is 0.778. The molecule has 1 N–H and O–H groups in total. The lowest BCUT2D eigenvalue weighted by Crippen LogP contribution is -2.15. The summed E-state index contributed by atoms with van der Waals surface area (Å²) in [7, 11) is 0. The van der Waals surface area contributed by atoms with Crippen molar-refractivity contribution in [3.8, 4) is 11.5 Å². The molecule has 0 saturated carbocycles. The van der Waals surface area contributed by atoms with E-state index in [1.807, 2.05) is 23.9 Å². The summed E-state index contributed by atoms with van der Waals surface area (Å²) < 4.78 is 11.5. The first-order chi connectivity index (χ1) is 9.42. The minimum atomic E-state index is 0.748. The van der Waals surface area contributed by atoms with Crippen LogP contribution in [0.3, 0.4) is 0 Å². The molecular formula is C15H23NO2S. The average Bonchev–Trinajstić information content (AvgIpc) is 2.68. The van der Waals surface area contributed by atoms with Crippen molar-refractivity contribution in [2.75, 3.05) is 31.8 Å². The molecule has 2 rings (SSSR count). The number of fused-ring (bicyclic) bond motifs is 1. The monoisotopic (exact) mass is 281 g/mol. The number of hydrogen-bond donors (Lipinski definition) is 1. The van der Waals surface area contributed by atoms with Gasteiger partial charge < -0.3 is 14.8 Å². The molecule has 1 aromatic rings. The Morgan fingerprint density at radius 1 is 1.21 bits per heavy atom. The summed E-state index contributed by atoms with van der Waals surface area (Å²) in [6.45, 7) is 3.41. The van der Waals surface area contributed by atoms with Gasteiger partial charge in [0.15, 0.2) is 11.5 Å². The van der Waals surface area contributed by atoms with Crippen molar-refractivity contribution in [2.24, 2.45) is 0 Å². The van der Waals surface area contributed by atoms with Gasteiger partial charge in [0.05, 0.1) is 13.2 Å². The lowest BCUT2D eigenvalue weighted by molar-refractivity contribution is 0.296. The van der Waals surface area contributed by atoms with E-state index in [-0.39, 0.29) is 0 Å². The van der Waals surface area contributed by atoms with Crippen molar-refractivity contribution in [3.05, 3.63) is 23.8 Å². The maximum Gasteiger partial charge on any atom is 0.165 e. The van der Waals surface area contributed by atoms with Gasteiger partial charge in [0.1, 0.15) is 0 Å². The summed E-state index contributed by atoms with van der Waals surface area (Å²) in [4.78, 5) is 0. The molecule has 106 valence electrons. The fourth-order valence-corrected chi connectivity index (χ4v) is 2.61. The van der Waals surface area contributed by atoms with Crippen molar-refractivity contribution in [2.45, 2.75) is 25.8 Å². The highest BCUT2D eigenvalue weighted by Crippen LogP contribution is 2.33. The smallest absolute Gasteiger partial charge is 0.165 e. The molecule has 4 heteroatoms. The zero-order valence-corrected chi connectivity index (χ0v) is 12.4. The van der Waals surface area contributed by atoms with Gasteiger partial charge in [0.25, 0.3) is 0 Å². The zero-order chi connectivity index (χ0) is 13.3. The SMILES string of the molecule is CSCCCCNCc1cccc2c1OCCCO2. The number of hydrogen-bond acceptors (Lipinski definition) is 4. The van der Waals surface area contributed by atoms with E-state index < -0.39 is 0 Å². The average molecular weight is 281 g/mol. The minimum Gasteiger partial charge on any atom is -0.490 e. The molecule has 1 aliphatic heterocycles. The Kier molecular flexibility index (Phi) is 6.37. The second-order valence-corrected chi connectivity index (χ2v) is 5.66. The molecule has 0 radical (unpaired) electrons. The summed E-state index contributed by atoms with van der Waals surface area (Å²) in [5.74, 6) is 3.06. The third-order valence-corrected chi connectivity index (χ3v) is 3.82. The van der Waals surface area contributed by atoms with E-state index in [1.165, 1.54) is 24.2 Å². The number of rotatable bonds is 7. The second-order valence-electron chi connectivity index (χ2n) is 4.67. The molecule has 0 fully saturated rings. The van der Waals surface area contributed by atoms with Crippen molar-refractivity contribution in [1.29, 1.82) is 0 Å². The fraction of sp³-hybridized carbons (Fsp3) is 0.600. The van der Waals surface area contributed by atoms with Crippen LogP contribution < -0.4 is 14.8 Å². The van der Waals surface area contributed by atoms with E-state index in [2.05, 4.69) is 17.6 Å². The number of nitrogens with one attached hydrogen (secondary N) is 1. The molecule has 0 aliphatic carbocycles. The normalized spacial score (nSPS) is 14.2. The van der Waals surface area contributed by atoms with E-state index in [1.54, 1.807) is 0 Å². The zero-order valence-electron chi connectivity index (χ0n) is 11.6. The van der Waals surface area contributed by atoms with E-state index in [0.717, 1.165) is 44.2 Å². The lowest BCUT2D eigenvalue weighted by atomic mass is 10.2. The Labute approximate surface area is 120 Å². The highest BCUT2D eigenvalue weighted by molar-refractivity contribution is 7.98. The minimum absolute atomic E-state index is 0.748. The van der Waals surface area contributed by atoms with Crippen LogP contribution in [-0.4, -0.2) is 31.8 Å². The van der Waals surface area contributed by atoms with E-state index >= 15 is 0 Å². The van der Waals surface area contributed by atoms with Gasteiger partial charge in [-0.2, -0.15) is 11.8 Å². The predicted octanol–water partition coefficient (Wildman–Crippen LogP) is 3.08. The first-order valence-electron chi connectivity index (χ1n) is 6.99. The molecule has 0 aromatic heterocycles. The third-order valence-electron chi connectivity index (χ3n) is 3.12. The standard InChI is InChI=1S/C15H23NO2S/c1-19-11-3-2-8-16-12-13-6-4-7-14-15(13)18-10-5-9-17-14/h4,6-7,16H,2-3,5,8-12H2,1H3. The molecule has 3 nitrogen and oxygen atoms in total. The summed E-state index contributed by atoms with van der Waals surface area (Å²) >= 11 is 1.91. The molecule has 0 saturated heterocycles. The Morgan fingerprint density at radius 3 is 3.00 bits per heavy atom. The number of thioether (sulfide) groups is 1.